The molecule has 2 N–H and O–H groups in total. The molecule has 1 aromatic carbocycles. The Labute approximate surface area is 156 Å². The van der Waals surface area contributed by atoms with Crippen molar-refractivity contribution in [1.29, 1.82) is 0 Å². The Bertz CT molecular complexity index is 609. The maximum Gasteiger partial charge on any atom is 0.226 e. The van der Waals surface area contributed by atoms with Gasteiger partial charge >= 0.3 is 0 Å². The van der Waals surface area contributed by atoms with E-state index < -0.39 is 0 Å². The Morgan fingerprint density at radius 3 is 2.72 bits per heavy atom. The van der Waals surface area contributed by atoms with Gasteiger partial charge in [-0.15, -0.1) is 0 Å². The standard InChI is InChI=1S/C20H28N2O2S/c1-15(2)14-24-18-11-7-6-10-17(18)21-20(25)22-19(23)13-12-16-8-4-3-5-9-16/h6-7,10-11,16H,1,3-5,8-9,12-14H2,2H3,(H2,21,22,23,25). The predicted molar refractivity (Wildman–Crippen MR) is 107 cm³/mol. The van der Waals surface area contributed by atoms with Crippen LogP contribution >= 0.6 is 12.2 Å². The number of benzene rings is 1. The summed E-state index contributed by atoms with van der Waals surface area (Å²) in [4.78, 5) is 12.1. The fraction of sp³-hybridized carbons (Fsp3) is 0.500. The molecule has 5 heteroatoms. The number of para-hydroxylation sites is 2. The molecule has 1 amide bonds. The number of hydrogen-bond donors (Lipinski definition) is 2. The van der Waals surface area contributed by atoms with E-state index in [2.05, 4.69) is 17.2 Å². The lowest BCUT2D eigenvalue weighted by Crippen LogP contribution is -2.34. The monoisotopic (exact) mass is 360 g/mol. The highest BCUT2D eigenvalue weighted by Gasteiger charge is 2.15. The van der Waals surface area contributed by atoms with Crippen molar-refractivity contribution in [3.8, 4) is 5.75 Å². The molecule has 0 heterocycles. The number of hydrogen-bond acceptors (Lipinski definition) is 3. The molecule has 1 aliphatic carbocycles. The summed E-state index contributed by atoms with van der Waals surface area (Å²) in [5.41, 5.74) is 1.68. The van der Waals surface area contributed by atoms with Gasteiger partial charge in [0.15, 0.2) is 5.11 Å². The van der Waals surface area contributed by atoms with Crippen LogP contribution in [0, 0.1) is 5.92 Å². The largest absolute Gasteiger partial charge is 0.487 e. The summed E-state index contributed by atoms with van der Waals surface area (Å²) in [7, 11) is 0. The zero-order valence-electron chi connectivity index (χ0n) is 15.0. The zero-order valence-corrected chi connectivity index (χ0v) is 15.8. The number of rotatable bonds is 7. The minimum atomic E-state index is -0.0246. The number of ether oxygens (including phenoxy) is 1. The first-order chi connectivity index (χ1) is 12.0. The van der Waals surface area contributed by atoms with Gasteiger partial charge in [-0.1, -0.05) is 50.8 Å². The van der Waals surface area contributed by atoms with Gasteiger partial charge in [0.2, 0.25) is 5.91 Å². The molecule has 1 aromatic rings. The SMILES string of the molecule is C=C(C)COc1ccccc1NC(=S)NC(=O)CCC1CCCCC1. The number of nitrogens with one attached hydrogen (secondary N) is 2. The molecule has 0 aromatic heterocycles. The van der Waals surface area contributed by atoms with Gasteiger partial charge in [-0.05, 0) is 49.2 Å². The Balaban J connectivity index is 1.79. The lowest BCUT2D eigenvalue weighted by molar-refractivity contribution is -0.120. The van der Waals surface area contributed by atoms with Gasteiger partial charge < -0.3 is 15.4 Å². The molecular weight excluding hydrogens is 332 g/mol. The molecule has 0 bridgehead atoms. The fourth-order valence-corrected chi connectivity index (χ4v) is 3.27. The van der Waals surface area contributed by atoms with E-state index in [1.54, 1.807) is 0 Å². The van der Waals surface area contributed by atoms with Crippen LogP contribution in [0.5, 0.6) is 5.75 Å². The third-order valence-corrected chi connectivity index (χ3v) is 4.57. The molecule has 25 heavy (non-hydrogen) atoms. The average molecular weight is 361 g/mol. The summed E-state index contributed by atoms with van der Waals surface area (Å²) in [6.07, 6.45) is 7.92. The molecule has 1 aliphatic rings. The van der Waals surface area contributed by atoms with Gasteiger partial charge in [0, 0.05) is 6.42 Å². The van der Waals surface area contributed by atoms with Crippen LogP contribution in [0.4, 0.5) is 5.69 Å². The number of thiocarbonyl (C=S) groups is 1. The van der Waals surface area contributed by atoms with Crippen molar-refractivity contribution in [2.24, 2.45) is 5.92 Å². The molecule has 0 atom stereocenters. The molecule has 0 saturated heterocycles. The van der Waals surface area contributed by atoms with Gasteiger partial charge in [-0.2, -0.15) is 0 Å². The summed E-state index contributed by atoms with van der Waals surface area (Å²) in [5.74, 6) is 1.35. The molecule has 1 saturated carbocycles. The number of amides is 1. The summed E-state index contributed by atoms with van der Waals surface area (Å²) in [5, 5.41) is 6.12. The normalized spacial score (nSPS) is 14.6. The summed E-state index contributed by atoms with van der Waals surface area (Å²) < 4.78 is 5.70. The Hall–Kier alpha value is -1.88. The van der Waals surface area contributed by atoms with E-state index in [1.165, 1.54) is 32.1 Å². The highest BCUT2D eigenvalue weighted by atomic mass is 32.1. The first kappa shape index (κ1) is 19.4. The van der Waals surface area contributed by atoms with E-state index >= 15 is 0 Å². The molecule has 4 nitrogen and oxygen atoms in total. The second-order valence-electron chi connectivity index (χ2n) is 6.79. The van der Waals surface area contributed by atoms with Gasteiger partial charge in [0.1, 0.15) is 12.4 Å². The van der Waals surface area contributed by atoms with Crippen molar-refractivity contribution in [1.82, 2.24) is 5.32 Å². The Morgan fingerprint density at radius 2 is 2.00 bits per heavy atom. The Kier molecular flexibility index (Phi) is 7.92. The van der Waals surface area contributed by atoms with Crippen LogP contribution in [-0.2, 0) is 4.79 Å². The van der Waals surface area contributed by atoms with Crippen LogP contribution in [0.15, 0.2) is 36.4 Å². The molecule has 136 valence electrons. The quantitative estimate of drug-likeness (QED) is 0.541. The third-order valence-electron chi connectivity index (χ3n) is 4.37. The smallest absolute Gasteiger partial charge is 0.226 e. The van der Waals surface area contributed by atoms with Gasteiger partial charge in [0.25, 0.3) is 0 Å². The number of carbonyl (C=O) groups is 1. The van der Waals surface area contributed by atoms with Crippen LogP contribution in [0.1, 0.15) is 51.9 Å². The van der Waals surface area contributed by atoms with Gasteiger partial charge in [0.05, 0.1) is 5.69 Å². The average Bonchev–Trinajstić information content (AvgIpc) is 2.60. The fourth-order valence-electron chi connectivity index (χ4n) is 3.05. The van der Waals surface area contributed by atoms with E-state index in [0.29, 0.717) is 29.8 Å². The van der Waals surface area contributed by atoms with Gasteiger partial charge in [-0.3, -0.25) is 4.79 Å². The second-order valence-corrected chi connectivity index (χ2v) is 7.20. The lowest BCUT2D eigenvalue weighted by Gasteiger charge is -2.21. The lowest BCUT2D eigenvalue weighted by atomic mass is 9.86. The highest BCUT2D eigenvalue weighted by molar-refractivity contribution is 7.80. The van der Waals surface area contributed by atoms with Crippen molar-refractivity contribution in [3.05, 3.63) is 36.4 Å². The van der Waals surface area contributed by atoms with Crippen LogP contribution in [0.3, 0.4) is 0 Å². The summed E-state index contributed by atoms with van der Waals surface area (Å²) in [6.45, 7) is 6.18. The first-order valence-corrected chi connectivity index (χ1v) is 9.42. The number of anilines is 1. The minimum Gasteiger partial charge on any atom is -0.487 e. The molecule has 0 aliphatic heterocycles. The molecule has 0 radical (unpaired) electrons. The van der Waals surface area contributed by atoms with Crippen LogP contribution in [0.25, 0.3) is 0 Å². The van der Waals surface area contributed by atoms with E-state index in [4.69, 9.17) is 17.0 Å². The maximum atomic E-state index is 12.1. The summed E-state index contributed by atoms with van der Waals surface area (Å²) >= 11 is 5.26. The van der Waals surface area contributed by atoms with Crippen molar-refractivity contribution in [2.75, 3.05) is 11.9 Å². The second kappa shape index (κ2) is 10.2. The topological polar surface area (TPSA) is 50.4 Å². The van der Waals surface area contributed by atoms with E-state index in [0.717, 1.165) is 17.7 Å². The molecule has 0 spiro atoms. The zero-order chi connectivity index (χ0) is 18.1. The van der Waals surface area contributed by atoms with E-state index in [9.17, 15) is 4.79 Å². The van der Waals surface area contributed by atoms with Crippen molar-refractivity contribution >= 4 is 28.9 Å². The summed E-state index contributed by atoms with van der Waals surface area (Å²) in [6, 6.07) is 7.52. The van der Waals surface area contributed by atoms with Gasteiger partial charge in [-0.25, -0.2) is 0 Å². The molecular formula is C20H28N2O2S. The van der Waals surface area contributed by atoms with Crippen LogP contribution in [0.2, 0.25) is 0 Å². The predicted octanol–water partition coefficient (Wildman–Crippen LogP) is 4.82. The first-order valence-electron chi connectivity index (χ1n) is 9.01. The molecule has 1 fully saturated rings. The van der Waals surface area contributed by atoms with Crippen LogP contribution in [-0.4, -0.2) is 17.6 Å². The molecule has 2 rings (SSSR count). The highest BCUT2D eigenvalue weighted by Crippen LogP contribution is 2.27. The van der Waals surface area contributed by atoms with Crippen molar-refractivity contribution < 1.29 is 9.53 Å². The van der Waals surface area contributed by atoms with Crippen molar-refractivity contribution in [2.45, 2.75) is 51.9 Å². The van der Waals surface area contributed by atoms with E-state index in [-0.39, 0.29) is 5.91 Å². The van der Waals surface area contributed by atoms with E-state index in [1.807, 2.05) is 31.2 Å². The molecule has 0 unspecified atom stereocenters. The third kappa shape index (κ3) is 7.26. The minimum absolute atomic E-state index is 0.0246. The maximum absolute atomic E-state index is 12.1. The Morgan fingerprint density at radius 1 is 1.28 bits per heavy atom. The number of carbonyl (C=O) groups excluding carboxylic acids is 1. The van der Waals surface area contributed by atoms with Crippen molar-refractivity contribution in [3.63, 3.8) is 0 Å². The van der Waals surface area contributed by atoms with Crippen LogP contribution < -0.4 is 15.4 Å².